The van der Waals surface area contributed by atoms with E-state index in [9.17, 15) is 0 Å². The number of nitrogens with zero attached hydrogens (tertiary/aromatic N) is 1. The Balaban J connectivity index is 1.11. The first-order valence-corrected chi connectivity index (χ1v) is 23.1. The molecule has 5 heterocycles. The van der Waals surface area contributed by atoms with Gasteiger partial charge in [0.2, 0.25) is 0 Å². The van der Waals surface area contributed by atoms with E-state index in [1.807, 2.05) is 65.9 Å². The number of aromatic nitrogens is 1. The van der Waals surface area contributed by atoms with Crippen molar-refractivity contribution in [2.24, 2.45) is 0 Å². The minimum atomic E-state index is -3.45. The molecule has 14 rings (SSSR count). The Morgan fingerprint density at radius 2 is 1.18 bits per heavy atom. The maximum absolute atomic E-state index is 16.5. The lowest BCUT2D eigenvalue weighted by molar-refractivity contribution is 0.435. The summed E-state index contributed by atoms with van der Waals surface area (Å²) in [5.41, 5.74) is 7.92. The molecule has 286 valence electrons. The van der Waals surface area contributed by atoms with Crippen molar-refractivity contribution in [2.75, 3.05) is 0 Å². The number of benzene rings is 9. The molecule has 0 N–H and O–H groups in total. The van der Waals surface area contributed by atoms with Gasteiger partial charge in [-0.25, -0.2) is 0 Å². The number of ether oxygens (including phenoxy) is 1. The molecule has 2 aliphatic heterocycles. The van der Waals surface area contributed by atoms with Crippen molar-refractivity contribution in [3.8, 4) is 17.2 Å². The van der Waals surface area contributed by atoms with E-state index in [1.165, 1.54) is 30.9 Å². The van der Waals surface area contributed by atoms with E-state index in [0.29, 0.717) is 0 Å². The molecule has 3 aromatic heterocycles. The van der Waals surface area contributed by atoms with Crippen molar-refractivity contribution in [2.45, 2.75) is 5.41 Å². The van der Waals surface area contributed by atoms with Crippen LogP contribution in [0.3, 0.4) is 0 Å². The molecule has 0 bridgehead atoms. The van der Waals surface area contributed by atoms with E-state index in [4.69, 9.17) is 9.15 Å². The fourth-order valence-electron chi connectivity index (χ4n) is 10.9. The monoisotopic (exact) mass is 817 g/mol. The molecule has 9 aromatic carbocycles. The van der Waals surface area contributed by atoms with Gasteiger partial charge in [-0.3, -0.25) is 0 Å². The van der Waals surface area contributed by atoms with Crippen LogP contribution in [0, 0.1) is 0 Å². The Morgan fingerprint density at radius 1 is 0.459 bits per heavy atom. The van der Waals surface area contributed by atoms with Crippen molar-refractivity contribution in [3.63, 3.8) is 0 Å². The van der Waals surface area contributed by atoms with Crippen LogP contribution in [-0.2, 0) is 9.98 Å². The first kappa shape index (κ1) is 33.6. The van der Waals surface area contributed by atoms with Crippen LogP contribution >= 0.6 is 18.5 Å². The molecule has 0 radical (unpaired) electrons. The maximum Gasteiger partial charge on any atom is 0.171 e. The average molecular weight is 818 g/mol. The van der Waals surface area contributed by atoms with E-state index in [2.05, 4.69) is 144 Å². The van der Waals surface area contributed by atoms with Crippen molar-refractivity contribution in [1.29, 1.82) is 0 Å². The van der Waals surface area contributed by atoms with Crippen LogP contribution < -0.4 is 20.7 Å². The van der Waals surface area contributed by atoms with Gasteiger partial charge in [-0.05, 0) is 65.7 Å². The van der Waals surface area contributed by atoms with Gasteiger partial charge in [0.05, 0.1) is 16.4 Å². The van der Waals surface area contributed by atoms with Crippen LogP contribution in [0.1, 0.15) is 22.3 Å². The lowest BCUT2D eigenvalue weighted by Crippen LogP contribution is -2.48. The highest BCUT2D eigenvalue weighted by atomic mass is 32.1. The van der Waals surface area contributed by atoms with E-state index in [-0.39, 0.29) is 0 Å². The van der Waals surface area contributed by atoms with Crippen molar-refractivity contribution < 1.29 is 13.7 Å². The number of furan rings is 1. The van der Waals surface area contributed by atoms with E-state index in [1.54, 1.807) is 0 Å². The number of thiophene rings is 1. The molecular formula is C55H32NO3PS. The summed E-state index contributed by atoms with van der Waals surface area (Å²) >= 11 is 1.85. The fraction of sp³-hybridized carbons (Fsp3) is 0.0182. The normalized spacial score (nSPS) is 17.8. The third kappa shape index (κ3) is 4.22. The van der Waals surface area contributed by atoms with E-state index >= 15 is 4.57 Å². The molecule has 0 saturated heterocycles. The van der Waals surface area contributed by atoms with E-state index in [0.717, 1.165) is 88.3 Å². The topological polar surface area (TPSA) is 44.4 Å². The molecule has 2 aliphatic rings. The molecular weight excluding hydrogens is 786 g/mol. The first-order chi connectivity index (χ1) is 30.1. The second-order valence-corrected chi connectivity index (χ2v) is 20.0. The third-order valence-corrected chi connectivity index (χ3v) is 17.6. The molecule has 12 aromatic rings. The average Bonchev–Trinajstić information content (AvgIpc) is 3.99. The summed E-state index contributed by atoms with van der Waals surface area (Å²) in [5, 5.41) is 9.48. The Bertz CT molecular complexity index is 3910. The Morgan fingerprint density at radius 3 is 2.08 bits per heavy atom. The minimum Gasteiger partial charge on any atom is -0.457 e. The molecule has 2 unspecified atom stereocenters. The summed E-state index contributed by atoms with van der Waals surface area (Å²) < 4.78 is 35.2. The number of hydrogen-bond donors (Lipinski definition) is 0. The van der Waals surface area contributed by atoms with Crippen molar-refractivity contribution in [1.82, 2.24) is 4.57 Å². The number of para-hydroxylation sites is 3. The predicted molar refractivity (Wildman–Crippen MR) is 252 cm³/mol. The van der Waals surface area contributed by atoms with Gasteiger partial charge in [-0.2, -0.15) is 0 Å². The Kier molecular flexibility index (Phi) is 6.61. The number of rotatable bonds is 2. The van der Waals surface area contributed by atoms with Crippen LogP contribution in [0.25, 0.3) is 69.6 Å². The van der Waals surface area contributed by atoms with Gasteiger partial charge < -0.3 is 18.3 Å². The summed E-state index contributed by atoms with van der Waals surface area (Å²) in [7, 11) is -3.45. The molecule has 0 amide bonds. The van der Waals surface area contributed by atoms with Crippen molar-refractivity contribution in [3.05, 3.63) is 216 Å². The van der Waals surface area contributed by atoms with Gasteiger partial charge in [0.25, 0.3) is 0 Å². The minimum absolute atomic E-state index is 0.723. The van der Waals surface area contributed by atoms with Crippen LogP contribution in [0.2, 0.25) is 0 Å². The van der Waals surface area contributed by atoms with Crippen LogP contribution in [0.15, 0.2) is 199 Å². The molecule has 0 aliphatic carbocycles. The predicted octanol–water partition coefficient (Wildman–Crippen LogP) is 13.5. The molecule has 1 spiro atoms. The van der Waals surface area contributed by atoms with Gasteiger partial charge in [-0.15, -0.1) is 11.3 Å². The van der Waals surface area contributed by atoms with Gasteiger partial charge in [0.1, 0.15) is 22.7 Å². The highest BCUT2D eigenvalue weighted by molar-refractivity contribution is 7.85. The molecule has 0 fully saturated rings. The fourth-order valence-corrected chi connectivity index (χ4v) is 15.2. The van der Waals surface area contributed by atoms with Gasteiger partial charge >= 0.3 is 0 Å². The number of fused-ring (bicyclic) bond motifs is 18. The summed E-state index contributed by atoms with van der Waals surface area (Å²) in [6, 6.07) is 68.1. The second kappa shape index (κ2) is 12.0. The molecule has 61 heavy (non-hydrogen) atoms. The van der Waals surface area contributed by atoms with Crippen LogP contribution in [0.5, 0.6) is 11.5 Å². The van der Waals surface area contributed by atoms with Crippen LogP contribution in [-0.4, -0.2) is 4.57 Å². The largest absolute Gasteiger partial charge is 0.457 e. The maximum atomic E-state index is 16.5. The highest BCUT2D eigenvalue weighted by Crippen LogP contribution is 2.62. The summed E-state index contributed by atoms with van der Waals surface area (Å²) in [4.78, 5) is 0. The van der Waals surface area contributed by atoms with Gasteiger partial charge in [0, 0.05) is 80.5 Å². The second-order valence-electron chi connectivity index (χ2n) is 16.2. The molecule has 4 nitrogen and oxygen atoms in total. The molecule has 6 heteroatoms. The standard InChI is InChI=1S/C55H32NO3PS/c57-60(34-14-2-1-3-15-34)49-24-12-8-20-41(49)55(42-31-38-35-16-5-10-22-45(35)58-47(38)32-50(42)60)39-19-7-11-23-46(39)59-48-30-33(26-27-40(48)55)56-43-21-9-4-17-36(43)53-44(56)28-29-52-54(53)37-18-6-13-25-51(37)61-52/h1-32H. The molecule has 0 saturated carbocycles. The zero-order chi connectivity index (χ0) is 40.0. The Labute approximate surface area is 353 Å². The van der Waals surface area contributed by atoms with E-state index < -0.39 is 12.6 Å². The lowest BCUT2D eigenvalue weighted by Gasteiger charge is -2.47. The first-order valence-electron chi connectivity index (χ1n) is 20.6. The van der Waals surface area contributed by atoms with Crippen molar-refractivity contribution >= 4 is 98.3 Å². The molecule has 2 atom stereocenters. The summed E-state index contributed by atoms with van der Waals surface area (Å²) in [6.07, 6.45) is 0. The lowest BCUT2D eigenvalue weighted by atomic mass is 9.63. The van der Waals surface area contributed by atoms with Gasteiger partial charge in [0.15, 0.2) is 7.14 Å². The quantitative estimate of drug-likeness (QED) is 0.163. The zero-order valence-corrected chi connectivity index (χ0v) is 34.2. The highest BCUT2D eigenvalue weighted by Gasteiger charge is 2.55. The zero-order valence-electron chi connectivity index (χ0n) is 32.5. The van der Waals surface area contributed by atoms with Crippen LogP contribution in [0.4, 0.5) is 0 Å². The summed E-state index contributed by atoms with van der Waals surface area (Å²) in [6.45, 7) is 0. The number of hydrogen-bond acceptors (Lipinski definition) is 4. The van der Waals surface area contributed by atoms with Gasteiger partial charge in [-0.1, -0.05) is 133 Å². The SMILES string of the molecule is O=P1(c2ccccc2)c2ccccc2C2(c3ccccc3Oc3cc(-n4c5ccccc5c5c6c(ccc54)sc4ccccc46)ccc32)c2cc3c(cc21)oc1ccccc13. The Hall–Kier alpha value is -7.17. The summed E-state index contributed by atoms with van der Waals surface area (Å²) in [5.74, 6) is 1.54. The smallest absolute Gasteiger partial charge is 0.171 e. The third-order valence-electron chi connectivity index (χ3n) is 13.3.